The zero-order valence-corrected chi connectivity index (χ0v) is 17.2. The maximum atomic E-state index is 11.3. The number of ether oxygens (including phenoxy) is 2. The first-order valence-electron chi connectivity index (χ1n) is 10.1. The van der Waals surface area contributed by atoms with E-state index in [1.165, 1.54) is 45.6 Å². The van der Waals surface area contributed by atoms with Crippen molar-refractivity contribution in [3.63, 3.8) is 0 Å². The van der Waals surface area contributed by atoms with Crippen LogP contribution in [0.25, 0.3) is 0 Å². The SMILES string of the molecule is C/C=C/C=C/CCCCCCCCC[C@@]1(OC)C=C[C@H](CC(=O)OC)OO1. The Hall–Kier alpha value is -1.43. The Kier molecular flexibility index (Phi) is 12.8. The van der Waals surface area contributed by atoms with Crippen LogP contribution in [0.5, 0.6) is 0 Å². The minimum atomic E-state index is -0.841. The van der Waals surface area contributed by atoms with Crippen molar-refractivity contribution in [3.05, 3.63) is 36.5 Å². The standard InChI is InChI=1S/C22H36O5/c1-4-5-6-7-8-9-10-11-12-13-14-15-17-22(25-3)18-16-20(26-27-22)19-21(23)24-2/h4-7,16,18,20H,8-15,17,19H2,1-3H3/b5-4+,7-6+/t20-,22+/m1/s1. The van der Waals surface area contributed by atoms with Crippen LogP contribution in [-0.4, -0.2) is 32.1 Å². The summed E-state index contributed by atoms with van der Waals surface area (Å²) >= 11 is 0. The number of esters is 1. The molecule has 27 heavy (non-hydrogen) atoms. The molecule has 0 saturated heterocycles. The molecule has 0 aromatic heterocycles. The van der Waals surface area contributed by atoms with Gasteiger partial charge < -0.3 is 9.47 Å². The van der Waals surface area contributed by atoms with Crippen molar-refractivity contribution in [1.29, 1.82) is 0 Å². The summed E-state index contributed by atoms with van der Waals surface area (Å²) in [6, 6.07) is 0. The van der Waals surface area contributed by atoms with Crippen LogP contribution in [0.1, 0.15) is 71.1 Å². The first kappa shape index (κ1) is 23.6. The Labute approximate surface area is 164 Å². The number of hydrogen-bond donors (Lipinski definition) is 0. The summed E-state index contributed by atoms with van der Waals surface area (Å²) in [7, 11) is 2.97. The lowest BCUT2D eigenvalue weighted by molar-refractivity contribution is -0.428. The average Bonchev–Trinajstić information content (AvgIpc) is 2.70. The highest BCUT2D eigenvalue weighted by atomic mass is 17.2. The predicted molar refractivity (Wildman–Crippen MR) is 107 cm³/mol. The van der Waals surface area contributed by atoms with Gasteiger partial charge in [0.05, 0.1) is 13.5 Å². The number of rotatable bonds is 14. The van der Waals surface area contributed by atoms with Crippen molar-refractivity contribution >= 4 is 5.97 Å². The minimum Gasteiger partial charge on any atom is -0.469 e. The molecule has 1 aliphatic heterocycles. The fourth-order valence-corrected chi connectivity index (χ4v) is 2.94. The van der Waals surface area contributed by atoms with Crippen molar-refractivity contribution in [1.82, 2.24) is 0 Å². The fraction of sp³-hybridized carbons (Fsp3) is 0.682. The topological polar surface area (TPSA) is 54.0 Å². The maximum Gasteiger partial charge on any atom is 0.308 e. The number of carbonyl (C=O) groups is 1. The molecule has 154 valence electrons. The summed E-state index contributed by atoms with van der Waals surface area (Å²) in [6.07, 6.45) is 22.3. The second-order valence-electron chi connectivity index (χ2n) is 6.84. The summed E-state index contributed by atoms with van der Waals surface area (Å²) in [5.74, 6) is -1.17. The molecule has 1 aliphatic rings. The van der Waals surface area contributed by atoms with Gasteiger partial charge in [-0.25, -0.2) is 4.89 Å². The summed E-state index contributed by atoms with van der Waals surface area (Å²) in [5, 5.41) is 0. The number of methoxy groups -OCH3 is 2. The predicted octanol–water partition coefficient (Wildman–Crippen LogP) is 5.42. The molecule has 0 aliphatic carbocycles. The van der Waals surface area contributed by atoms with Crippen LogP contribution in [0.2, 0.25) is 0 Å². The monoisotopic (exact) mass is 380 g/mol. The van der Waals surface area contributed by atoms with Gasteiger partial charge in [0.25, 0.3) is 0 Å². The van der Waals surface area contributed by atoms with Gasteiger partial charge in [-0.2, -0.15) is 4.89 Å². The van der Waals surface area contributed by atoms with Crippen molar-refractivity contribution < 1.29 is 24.0 Å². The Morgan fingerprint density at radius 1 is 1.07 bits per heavy atom. The highest BCUT2D eigenvalue weighted by Gasteiger charge is 2.34. The number of hydrogen-bond acceptors (Lipinski definition) is 5. The molecule has 0 fully saturated rings. The van der Waals surface area contributed by atoms with E-state index in [0.717, 1.165) is 19.3 Å². The summed E-state index contributed by atoms with van der Waals surface area (Å²) < 4.78 is 10.1. The van der Waals surface area contributed by atoms with E-state index >= 15 is 0 Å². The quantitative estimate of drug-likeness (QED) is 0.132. The highest BCUT2D eigenvalue weighted by molar-refractivity contribution is 5.70. The zero-order chi connectivity index (χ0) is 19.8. The average molecular weight is 381 g/mol. The van der Waals surface area contributed by atoms with Gasteiger partial charge in [-0.05, 0) is 32.3 Å². The molecule has 0 amide bonds. The molecule has 0 bridgehead atoms. The molecule has 5 nitrogen and oxygen atoms in total. The maximum absolute atomic E-state index is 11.3. The molecule has 0 N–H and O–H groups in total. The fourth-order valence-electron chi connectivity index (χ4n) is 2.94. The van der Waals surface area contributed by atoms with Gasteiger partial charge in [-0.15, -0.1) is 0 Å². The molecule has 1 rings (SSSR count). The molecule has 0 unspecified atom stereocenters. The van der Waals surface area contributed by atoms with Crippen LogP contribution in [0.15, 0.2) is 36.5 Å². The first-order valence-corrected chi connectivity index (χ1v) is 10.1. The third kappa shape index (κ3) is 10.5. The van der Waals surface area contributed by atoms with Crippen molar-refractivity contribution in [2.75, 3.05) is 14.2 Å². The lowest BCUT2D eigenvalue weighted by Crippen LogP contribution is -2.38. The van der Waals surface area contributed by atoms with Crippen LogP contribution >= 0.6 is 0 Å². The third-order valence-corrected chi connectivity index (χ3v) is 4.65. The lowest BCUT2D eigenvalue weighted by atomic mass is 10.0. The number of carbonyl (C=O) groups excluding carboxylic acids is 1. The summed E-state index contributed by atoms with van der Waals surface area (Å²) in [6.45, 7) is 2.03. The highest BCUT2D eigenvalue weighted by Crippen LogP contribution is 2.28. The van der Waals surface area contributed by atoms with E-state index in [-0.39, 0.29) is 12.4 Å². The van der Waals surface area contributed by atoms with E-state index in [4.69, 9.17) is 14.5 Å². The molecule has 0 aromatic rings. The van der Waals surface area contributed by atoms with Gasteiger partial charge in [-0.1, -0.05) is 62.5 Å². The van der Waals surface area contributed by atoms with Crippen LogP contribution in [0.4, 0.5) is 0 Å². The Morgan fingerprint density at radius 3 is 2.37 bits per heavy atom. The Balaban J connectivity index is 2.11. The van der Waals surface area contributed by atoms with E-state index < -0.39 is 11.9 Å². The molecule has 0 saturated carbocycles. The third-order valence-electron chi connectivity index (χ3n) is 4.65. The van der Waals surface area contributed by atoms with Crippen molar-refractivity contribution in [3.8, 4) is 0 Å². The first-order chi connectivity index (χ1) is 13.2. The van der Waals surface area contributed by atoms with Gasteiger partial charge >= 0.3 is 5.97 Å². The van der Waals surface area contributed by atoms with Gasteiger partial charge in [0.2, 0.25) is 5.79 Å². The molecular formula is C22H36O5. The lowest BCUT2D eigenvalue weighted by Gasteiger charge is -2.32. The smallest absolute Gasteiger partial charge is 0.308 e. The molecule has 5 heteroatoms. The second kappa shape index (κ2) is 14.6. The van der Waals surface area contributed by atoms with Crippen LogP contribution in [0.3, 0.4) is 0 Å². The van der Waals surface area contributed by atoms with Crippen LogP contribution in [-0.2, 0) is 24.0 Å². The van der Waals surface area contributed by atoms with Crippen LogP contribution < -0.4 is 0 Å². The number of unbranched alkanes of at least 4 members (excludes halogenated alkanes) is 7. The van der Waals surface area contributed by atoms with E-state index in [2.05, 4.69) is 23.0 Å². The van der Waals surface area contributed by atoms with Gasteiger partial charge in [0.1, 0.15) is 6.10 Å². The largest absolute Gasteiger partial charge is 0.469 e. The molecule has 0 radical (unpaired) electrons. The summed E-state index contributed by atoms with van der Waals surface area (Å²) in [5.41, 5.74) is 0. The van der Waals surface area contributed by atoms with Gasteiger partial charge in [0, 0.05) is 13.5 Å². The van der Waals surface area contributed by atoms with Crippen molar-refractivity contribution in [2.45, 2.75) is 83.0 Å². The van der Waals surface area contributed by atoms with Crippen molar-refractivity contribution in [2.24, 2.45) is 0 Å². The second-order valence-corrected chi connectivity index (χ2v) is 6.84. The van der Waals surface area contributed by atoms with E-state index in [1.54, 1.807) is 7.11 Å². The molecule has 1 heterocycles. The van der Waals surface area contributed by atoms with Crippen LogP contribution in [0, 0.1) is 0 Å². The normalized spacial score (nSPS) is 22.7. The van der Waals surface area contributed by atoms with Gasteiger partial charge in [-0.3, -0.25) is 4.79 Å². The van der Waals surface area contributed by atoms with E-state index in [0.29, 0.717) is 0 Å². The molecule has 2 atom stereocenters. The molecule has 0 aromatic carbocycles. The van der Waals surface area contributed by atoms with E-state index in [1.807, 2.05) is 25.2 Å². The Morgan fingerprint density at radius 2 is 1.78 bits per heavy atom. The minimum absolute atomic E-state index is 0.137. The Bertz CT molecular complexity index is 483. The molecule has 0 spiro atoms. The van der Waals surface area contributed by atoms with Gasteiger partial charge in [0.15, 0.2) is 0 Å². The number of allylic oxidation sites excluding steroid dienone is 4. The molecular weight excluding hydrogens is 344 g/mol. The zero-order valence-electron chi connectivity index (χ0n) is 17.2. The van der Waals surface area contributed by atoms with E-state index in [9.17, 15) is 4.79 Å². The summed E-state index contributed by atoms with van der Waals surface area (Å²) in [4.78, 5) is 22.0.